The summed E-state index contributed by atoms with van der Waals surface area (Å²) >= 11 is 0. The van der Waals surface area contributed by atoms with Crippen LogP contribution in [0.3, 0.4) is 0 Å². The molecule has 0 radical (unpaired) electrons. The van der Waals surface area contributed by atoms with E-state index in [0.29, 0.717) is 28.2 Å². The average molecular weight is 541 g/mol. The van der Waals surface area contributed by atoms with Crippen LogP contribution in [0, 0.1) is 0 Å². The molecule has 8 nitrogen and oxygen atoms in total. The predicted molar refractivity (Wildman–Crippen MR) is 154 cm³/mol. The molecule has 0 saturated heterocycles. The molecular formula is C30H28N4O4S. The highest BCUT2D eigenvalue weighted by Crippen LogP contribution is 2.20. The molecule has 198 valence electrons. The van der Waals surface area contributed by atoms with Crippen molar-refractivity contribution in [3.63, 3.8) is 0 Å². The van der Waals surface area contributed by atoms with Crippen LogP contribution in [0.15, 0.2) is 114 Å². The molecular weight excluding hydrogens is 512 g/mol. The second kappa shape index (κ2) is 12.2. The Morgan fingerprint density at radius 1 is 0.718 bits per heavy atom. The van der Waals surface area contributed by atoms with Gasteiger partial charge in [-0.3, -0.25) is 13.9 Å². The van der Waals surface area contributed by atoms with Crippen LogP contribution in [0.25, 0.3) is 0 Å². The van der Waals surface area contributed by atoms with Crippen LogP contribution in [-0.2, 0) is 16.6 Å². The number of nitrogens with one attached hydrogen (secondary N) is 2. The van der Waals surface area contributed by atoms with Gasteiger partial charge in [-0.15, -0.1) is 0 Å². The van der Waals surface area contributed by atoms with Gasteiger partial charge >= 0.3 is 0 Å². The van der Waals surface area contributed by atoms with Gasteiger partial charge in [-0.2, -0.15) is 5.10 Å². The molecule has 39 heavy (non-hydrogen) atoms. The number of carbonyl (C=O) groups excluding carboxylic acids is 2. The van der Waals surface area contributed by atoms with E-state index in [0.717, 1.165) is 17.4 Å². The average Bonchev–Trinajstić information content (AvgIpc) is 2.95. The summed E-state index contributed by atoms with van der Waals surface area (Å²) < 4.78 is 26.0. The van der Waals surface area contributed by atoms with Crippen LogP contribution < -0.4 is 15.0 Å². The number of benzene rings is 4. The van der Waals surface area contributed by atoms with Crippen molar-refractivity contribution in [2.75, 3.05) is 15.9 Å². The Balaban J connectivity index is 1.36. The van der Waals surface area contributed by atoms with Gasteiger partial charge in [-0.1, -0.05) is 60.7 Å². The van der Waals surface area contributed by atoms with E-state index in [-0.39, 0.29) is 12.5 Å². The number of hydrogen-bond acceptors (Lipinski definition) is 5. The fourth-order valence-electron chi connectivity index (χ4n) is 3.77. The maximum absolute atomic E-state index is 12.6. The van der Waals surface area contributed by atoms with E-state index in [4.69, 9.17) is 0 Å². The van der Waals surface area contributed by atoms with Crippen LogP contribution in [0.5, 0.6) is 0 Å². The summed E-state index contributed by atoms with van der Waals surface area (Å²) in [5.41, 5.74) is 6.83. The summed E-state index contributed by atoms with van der Waals surface area (Å²) in [5, 5.41) is 7.04. The number of amides is 2. The van der Waals surface area contributed by atoms with Crippen molar-refractivity contribution in [2.24, 2.45) is 5.10 Å². The fourth-order valence-corrected chi connectivity index (χ4v) is 4.66. The van der Waals surface area contributed by atoms with Crippen LogP contribution in [0.1, 0.15) is 38.8 Å². The summed E-state index contributed by atoms with van der Waals surface area (Å²) in [4.78, 5) is 24.9. The highest BCUT2D eigenvalue weighted by Gasteiger charge is 2.18. The molecule has 0 fully saturated rings. The first kappa shape index (κ1) is 27.3. The minimum Gasteiger partial charge on any atom is -0.322 e. The molecule has 2 amide bonds. The first-order valence-corrected chi connectivity index (χ1v) is 14.0. The number of anilines is 2. The SMILES string of the molecule is C/C(=N/NC(=O)c1ccc(CN(c2ccccc2)S(C)(=O)=O)cc1)c1ccc(NC(=O)c2ccccc2)cc1. The van der Waals surface area contributed by atoms with Gasteiger partial charge < -0.3 is 5.32 Å². The maximum atomic E-state index is 12.6. The lowest BCUT2D eigenvalue weighted by Crippen LogP contribution is -2.29. The second-order valence-electron chi connectivity index (χ2n) is 8.84. The van der Waals surface area contributed by atoms with Crippen molar-refractivity contribution in [3.8, 4) is 0 Å². The Bertz CT molecular complexity index is 1570. The number of sulfonamides is 1. The molecule has 0 bridgehead atoms. The zero-order chi connectivity index (χ0) is 27.8. The summed E-state index contributed by atoms with van der Waals surface area (Å²) in [6.45, 7) is 1.91. The van der Waals surface area contributed by atoms with Gasteiger partial charge in [0.1, 0.15) is 0 Å². The third kappa shape index (κ3) is 7.39. The smallest absolute Gasteiger partial charge is 0.271 e. The standard InChI is InChI=1S/C30H28N4O4S/c1-22(24-17-19-27(20-18-24)31-29(35)25-9-5-3-6-10-25)32-33-30(36)26-15-13-23(14-16-26)21-34(39(2,37)38)28-11-7-4-8-12-28/h3-20H,21H2,1-2H3,(H,31,35)(H,33,36)/b32-22-. The molecule has 4 aromatic carbocycles. The first-order valence-electron chi connectivity index (χ1n) is 12.1. The number of nitrogens with zero attached hydrogens (tertiary/aromatic N) is 2. The molecule has 0 aliphatic rings. The molecule has 2 N–H and O–H groups in total. The molecule has 0 saturated carbocycles. The third-order valence-electron chi connectivity index (χ3n) is 5.91. The van der Waals surface area contributed by atoms with Crippen molar-refractivity contribution >= 4 is 38.9 Å². The van der Waals surface area contributed by atoms with Gasteiger partial charge in [0, 0.05) is 16.8 Å². The number of hydrogen-bond donors (Lipinski definition) is 2. The van der Waals surface area contributed by atoms with Gasteiger partial charge in [0.25, 0.3) is 11.8 Å². The monoisotopic (exact) mass is 540 g/mol. The molecule has 0 atom stereocenters. The highest BCUT2D eigenvalue weighted by atomic mass is 32.2. The normalized spacial score (nSPS) is 11.5. The molecule has 4 aromatic rings. The highest BCUT2D eigenvalue weighted by molar-refractivity contribution is 7.92. The molecule has 0 aromatic heterocycles. The van der Waals surface area contributed by atoms with Crippen LogP contribution in [-0.4, -0.2) is 32.2 Å². The zero-order valence-corrected chi connectivity index (χ0v) is 22.4. The Morgan fingerprint density at radius 3 is 1.85 bits per heavy atom. The molecule has 0 unspecified atom stereocenters. The van der Waals surface area contributed by atoms with Crippen LogP contribution >= 0.6 is 0 Å². The summed E-state index contributed by atoms with van der Waals surface area (Å²) in [6.07, 6.45) is 1.16. The van der Waals surface area contributed by atoms with Crippen molar-refractivity contribution < 1.29 is 18.0 Å². The first-order chi connectivity index (χ1) is 18.7. The Kier molecular flexibility index (Phi) is 8.53. The van der Waals surface area contributed by atoms with E-state index >= 15 is 0 Å². The number of rotatable bonds is 9. The summed E-state index contributed by atoms with van der Waals surface area (Å²) in [7, 11) is -3.49. The largest absolute Gasteiger partial charge is 0.322 e. The topological polar surface area (TPSA) is 108 Å². The third-order valence-corrected chi connectivity index (χ3v) is 7.05. The Morgan fingerprint density at radius 2 is 1.26 bits per heavy atom. The van der Waals surface area contributed by atoms with Crippen molar-refractivity contribution in [2.45, 2.75) is 13.5 Å². The van der Waals surface area contributed by atoms with Gasteiger partial charge in [-0.05, 0) is 66.6 Å². The van der Waals surface area contributed by atoms with Gasteiger partial charge in [0.2, 0.25) is 10.0 Å². The van der Waals surface area contributed by atoms with E-state index in [1.165, 1.54) is 4.31 Å². The molecule has 9 heteroatoms. The summed E-state index contributed by atoms with van der Waals surface area (Å²) in [5.74, 6) is -0.591. The lowest BCUT2D eigenvalue weighted by Gasteiger charge is -2.22. The predicted octanol–water partition coefficient (Wildman–Crippen LogP) is 5.06. The van der Waals surface area contributed by atoms with Gasteiger partial charge in [-0.25, -0.2) is 13.8 Å². The van der Waals surface area contributed by atoms with E-state index < -0.39 is 15.9 Å². The molecule has 0 aliphatic carbocycles. The van der Waals surface area contributed by atoms with E-state index in [9.17, 15) is 18.0 Å². The van der Waals surface area contributed by atoms with Crippen LogP contribution in [0.4, 0.5) is 11.4 Å². The second-order valence-corrected chi connectivity index (χ2v) is 10.7. The van der Waals surface area contributed by atoms with Gasteiger partial charge in [0.05, 0.1) is 24.2 Å². The summed E-state index contributed by atoms with van der Waals surface area (Å²) in [6, 6.07) is 31.6. The van der Waals surface area contributed by atoms with Crippen molar-refractivity contribution in [3.05, 3.63) is 131 Å². The maximum Gasteiger partial charge on any atom is 0.271 e. The molecule has 0 heterocycles. The molecule has 4 rings (SSSR count). The van der Waals surface area contributed by atoms with E-state index in [1.807, 2.05) is 12.1 Å². The lowest BCUT2D eigenvalue weighted by molar-refractivity contribution is 0.0954. The zero-order valence-electron chi connectivity index (χ0n) is 21.5. The Hall–Kier alpha value is -4.76. The number of para-hydroxylation sites is 1. The quantitative estimate of drug-likeness (QED) is 0.229. The fraction of sp³-hybridized carbons (Fsp3) is 0.100. The van der Waals surface area contributed by atoms with Gasteiger partial charge in [0.15, 0.2) is 0 Å². The number of carbonyl (C=O) groups is 2. The molecule has 0 aliphatic heterocycles. The van der Waals surface area contributed by atoms with Crippen molar-refractivity contribution in [1.82, 2.24) is 5.43 Å². The number of hydrazone groups is 1. The van der Waals surface area contributed by atoms with E-state index in [1.54, 1.807) is 104 Å². The molecule has 0 spiro atoms. The lowest BCUT2D eigenvalue weighted by atomic mass is 10.1. The Labute approximate surface area is 228 Å². The van der Waals surface area contributed by atoms with Crippen molar-refractivity contribution in [1.29, 1.82) is 0 Å². The van der Waals surface area contributed by atoms with E-state index in [2.05, 4.69) is 15.8 Å². The minimum atomic E-state index is -3.49. The minimum absolute atomic E-state index is 0.143. The van der Waals surface area contributed by atoms with Crippen LogP contribution in [0.2, 0.25) is 0 Å².